The Morgan fingerprint density at radius 3 is 2.64 bits per heavy atom. The summed E-state index contributed by atoms with van der Waals surface area (Å²) >= 11 is 0. The van der Waals surface area contributed by atoms with Crippen LogP contribution in [0.3, 0.4) is 0 Å². The van der Waals surface area contributed by atoms with E-state index in [1.54, 1.807) is 0 Å². The molecule has 1 heterocycles. The maximum Gasteiger partial charge on any atom is 0.208 e. The van der Waals surface area contributed by atoms with Crippen LogP contribution in [-0.4, -0.2) is 16.8 Å². The van der Waals surface area contributed by atoms with E-state index in [1.165, 1.54) is 17.0 Å². The average Bonchev–Trinajstić information content (AvgIpc) is 2.40. The van der Waals surface area contributed by atoms with Crippen molar-refractivity contribution < 1.29 is 27.1 Å². The SMILES string of the molecule is CC[N+]1=C(C)Cc2ccccc21.[2HH].[CH3-].[W]. The summed E-state index contributed by atoms with van der Waals surface area (Å²) in [5.41, 5.74) is 4.34. The molecule has 0 atom stereocenters. The van der Waals surface area contributed by atoms with Crippen LogP contribution < -0.4 is 0 Å². The summed E-state index contributed by atoms with van der Waals surface area (Å²) in [6.07, 6.45) is 1.13. The second kappa shape index (κ2) is 5.46. The first-order chi connectivity index (χ1) is 5.83. The Morgan fingerprint density at radius 2 is 2.00 bits per heavy atom. The summed E-state index contributed by atoms with van der Waals surface area (Å²) < 4.78 is 2.38. The Balaban J connectivity index is 0. The van der Waals surface area contributed by atoms with E-state index in [0.717, 1.165) is 13.0 Å². The first-order valence-corrected chi connectivity index (χ1v) is 4.51. The van der Waals surface area contributed by atoms with Crippen molar-refractivity contribution in [3.63, 3.8) is 0 Å². The molecule has 0 radical (unpaired) electrons. The quantitative estimate of drug-likeness (QED) is 0.534. The van der Waals surface area contributed by atoms with Crippen LogP contribution in [0.4, 0.5) is 5.69 Å². The minimum Gasteiger partial charge on any atom is -0.358 e. The van der Waals surface area contributed by atoms with Gasteiger partial charge in [-0.15, -0.1) is 0 Å². The van der Waals surface area contributed by atoms with Crippen LogP contribution in [-0.2, 0) is 27.5 Å². The van der Waals surface area contributed by atoms with Crippen molar-refractivity contribution in [2.24, 2.45) is 0 Å². The standard InChI is InChI=1S/C11H14N.CH3.W.H2/c1-3-12-9(2)8-10-6-4-5-7-11(10)12;;;/h4-7H,3,8H2,1-2H3;1H3;;1H/q+1;-1;;/i;;;1+1. The Kier molecular flexibility index (Phi) is 5.29. The number of hydrogen-bond donors (Lipinski definition) is 0. The van der Waals surface area contributed by atoms with Gasteiger partial charge in [-0.3, -0.25) is 0 Å². The van der Waals surface area contributed by atoms with Crippen molar-refractivity contribution in [3.8, 4) is 0 Å². The molecule has 0 N–H and O–H groups in total. The smallest absolute Gasteiger partial charge is 0.208 e. The molecule has 0 spiro atoms. The number of hydrogen-bond acceptors (Lipinski definition) is 0. The summed E-state index contributed by atoms with van der Waals surface area (Å²) in [6, 6.07) is 8.65. The van der Waals surface area contributed by atoms with Gasteiger partial charge in [0.05, 0.1) is 6.42 Å². The van der Waals surface area contributed by atoms with Gasteiger partial charge in [0.1, 0.15) is 6.54 Å². The summed E-state index contributed by atoms with van der Waals surface area (Å²) in [5.74, 6) is 0. The van der Waals surface area contributed by atoms with Gasteiger partial charge in [0.2, 0.25) is 5.69 Å². The third-order valence-corrected chi connectivity index (χ3v) is 2.51. The van der Waals surface area contributed by atoms with Crippen LogP contribution in [0.2, 0.25) is 0 Å². The number of rotatable bonds is 1. The van der Waals surface area contributed by atoms with Gasteiger partial charge in [-0.05, 0) is 6.92 Å². The molecular formula is C12H19NW. The summed E-state index contributed by atoms with van der Waals surface area (Å²) in [4.78, 5) is 0. The van der Waals surface area contributed by atoms with Crippen molar-refractivity contribution in [1.29, 1.82) is 0 Å². The molecule has 0 bridgehead atoms. The Hall–Kier alpha value is -0.422. The molecule has 0 fully saturated rings. The van der Waals surface area contributed by atoms with E-state index < -0.39 is 0 Å². The molecule has 78 valence electrons. The molecule has 1 aromatic carbocycles. The van der Waals surface area contributed by atoms with Crippen molar-refractivity contribution >= 4 is 11.4 Å². The van der Waals surface area contributed by atoms with Crippen molar-refractivity contribution in [2.75, 3.05) is 6.54 Å². The van der Waals surface area contributed by atoms with E-state index >= 15 is 0 Å². The van der Waals surface area contributed by atoms with Gasteiger partial charge in [0.25, 0.3) is 0 Å². The number of para-hydroxylation sites is 1. The van der Waals surface area contributed by atoms with Gasteiger partial charge in [0, 0.05) is 41.0 Å². The fourth-order valence-corrected chi connectivity index (χ4v) is 1.94. The van der Waals surface area contributed by atoms with E-state index in [4.69, 9.17) is 0 Å². The average molecular weight is 362 g/mol. The van der Waals surface area contributed by atoms with Crippen LogP contribution in [0.15, 0.2) is 24.3 Å². The predicted octanol–water partition coefficient (Wildman–Crippen LogP) is 3.06. The minimum atomic E-state index is 0. The normalized spacial score (nSPS) is 13.0. The van der Waals surface area contributed by atoms with Crippen LogP contribution in [0, 0.1) is 7.43 Å². The second-order valence-electron chi connectivity index (χ2n) is 3.29. The zero-order valence-corrected chi connectivity index (χ0v) is 12.0. The molecule has 0 aromatic heterocycles. The molecule has 1 aromatic rings. The van der Waals surface area contributed by atoms with E-state index in [-0.39, 0.29) is 29.9 Å². The minimum absolute atomic E-state index is 0. The Labute approximate surface area is 103 Å². The Morgan fingerprint density at radius 1 is 1.36 bits per heavy atom. The molecular weight excluding hydrogens is 342 g/mol. The second-order valence-corrected chi connectivity index (χ2v) is 3.29. The monoisotopic (exact) mass is 362 g/mol. The molecule has 0 amide bonds. The maximum absolute atomic E-state index is 2.38. The maximum atomic E-state index is 2.38. The van der Waals surface area contributed by atoms with Gasteiger partial charge in [0.15, 0.2) is 5.71 Å². The molecule has 0 saturated carbocycles. The van der Waals surface area contributed by atoms with Crippen molar-refractivity contribution in [2.45, 2.75) is 20.3 Å². The number of fused-ring (bicyclic) bond motifs is 1. The molecule has 1 nitrogen and oxygen atoms in total. The van der Waals surface area contributed by atoms with Crippen LogP contribution >= 0.6 is 0 Å². The van der Waals surface area contributed by atoms with E-state index in [9.17, 15) is 0 Å². The largest absolute Gasteiger partial charge is 0.358 e. The first kappa shape index (κ1) is 13.6. The van der Waals surface area contributed by atoms with Gasteiger partial charge in [-0.25, -0.2) is 0 Å². The van der Waals surface area contributed by atoms with Gasteiger partial charge < -0.3 is 7.43 Å². The third-order valence-electron chi connectivity index (χ3n) is 2.51. The van der Waals surface area contributed by atoms with Crippen molar-refractivity contribution in [1.82, 2.24) is 0 Å². The van der Waals surface area contributed by atoms with Crippen molar-refractivity contribution in [3.05, 3.63) is 37.3 Å². The number of benzene rings is 1. The van der Waals surface area contributed by atoms with Crippen LogP contribution in [0.5, 0.6) is 0 Å². The van der Waals surface area contributed by atoms with Gasteiger partial charge in [-0.2, -0.15) is 4.58 Å². The van der Waals surface area contributed by atoms with Crippen LogP contribution in [0.1, 0.15) is 20.8 Å². The Bertz CT molecular complexity index is 347. The first-order valence-electron chi connectivity index (χ1n) is 4.51. The summed E-state index contributed by atoms with van der Waals surface area (Å²) in [7, 11) is 0. The number of nitrogens with zero attached hydrogens (tertiary/aromatic N) is 1. The topological polar surface area (TPSA) is 3.01 Å². The fraction of sp³-hybridized carbons (Fsp3) is 0.333. The molecule has 14 heavy (non-hydrogen) atoms. The molecule has 0 aliphatic carbocycles. The fourth-order valence-electron chi connectivity index (χ4n) is 1.94. The van der Waals surface area contributed by atoms with Gasteiger partial charge >= 0.3 is 0 Å². The molecule has 0 unspecified atom stereocenters. The van der Waals surface area contributed by atoms with E-state index in [0.29, 0.717) is 0 Å². The summed E-state index contributed by atoms with van der Waals surface area (Å²) in [6.45, 7) is 5.50. The third kappa shape index (κ3) is 2.14. The molecule has 2 rings (SSSR count). The van der Waals surface area contributed by atoms with Crippen LogP contribution in [0.25, 0.3) is 0 Å². The van der Waals surface area contributed by atoms with E-state index in [2.05, 4.69) is 42.7 Å². The predicted molar refractivity (Wildman–Crippen MR) is 59.8 cm³/mol. The zero-order chi connectivity index (χ0) is 8.55. The zero-order valence-electron chi connectivity index (χ0n) is 9.08. The van der Waals surface area contributed by atoms with E-state index in [1.807, 2.05) is 0 Å². The molecule has 2 heteroatoms. The molecule has 0 saturated heterocycles. The molecule has 1 aliphatic rings. The summed E-state index contributed by atoms with van der Waals surface area (Å²) in [5, 5.41) is 0. The molecule has 1 aliphatic heterocycles. The van der Waals surface area contributed by atoms with Gasteiger partial charge in [-0.1, -0.05) is 18.2 Å².